The number of hydrogen-bond acceptors (Lipinski definition) is 3. The summed E-state index contributed by atoms with van der Waals surface area (Å²) in [6.07, 6.45) is 0. The van der Waals surface area contributed by atoms with E-state index in [1.54, 1.807) is 0 Å². The van der Waals surface area contributed by atoms with Gasteiger partial charge in [0, 0.05) is 22.9 Å². The SMILES string of the molecule is CC1(C)c2ccccc2-c2ccc(N(c3ccc(-c4ccccc4)cc3)c3ccc4c(c3)Oc3cccc5cccc(c35)O4)cc21. The Morgan fingerprint density at radius 2 is 1.04 bits per heavy atom. The fourth-order valence-corrected chi connectivity index (χ4v) is 7.19. The highest BCUT2D eigenvalue weighted by Gasteiger charge is 2.35. The maximum atomic E-state index is 6.61. The molecule has 1 heterocycles. The molecule has 7 aromatic carbocycles. The number of benzene rings is 7. The normalized spacial score (nSPS) is 13.5. The molecule has 0 aromatic heterocycles. The lowest BCUT2D eigenvalue weighted by Crippen LogP contribution is -2.16. The smallest absolute Gasteiger partial charge is 0.172 e. The topological polar surface area (TPSA) is 21.7 Å². The minimum Gasteiger partial charge on any atom is -0.453 e. The van der Waals surface area contributed by atoms with Gasteiger partial charge in [0.1, 0.15) is 11.5 Å². The van der Waals surface area contributed by atoms with E-state index in [1.807, 2.05) is 30.3 Å². The highest BCUT2D eigenvalue weighted by Crippen LogP contribution is 2.52. The summed E-state index contributed by atoms with van der Waals surface area (Å²) in [5.74, 6) is 2.96. The van der Waals surface area contributed by atoms with Crippen molar-refractivity contribution in [1.82, 2.24) is 0 Å². The Morgan fingerprint density at radius 1 is 0.435 bits per heavy atom. The lowest BCUT2D eigenvalue weighted by atomic mass is 9.82. The maximum absolute atomic E-state index is 6.61. The fourth-order valence-electron chi connectivity index (χ4n) is 7.19. The Bertz CT molecular complexity index is 2280. The molecule has 0 saturated carbocycles. The van der Waals surface area contributed by atoms with Crippen molar-refractivity contribution in [3.05, 3.63) is 163 Å². The maximum Gasteiger partial charge on any atom is 0.172 e. The van der Waals surface area contributed by atoms with Crippen LogP contribution in [0.15, 0.2) is 152 Å². The quantitative estimate of drug-likeness (QED) is 0.203. The second-order valence-corrected chi connectivity index (χ2v) is 12.6. The average molecular weight is 594 g/mol. The van der Waals surface area contributed by atoms with Gasteiger partial charge in [-0.25, -0.2) is 0 Å². The lowest BCUT2D eigenvalue weighted by molar-refractivity contribution is 0.439. The van der Waals surface area contributed by atoms with Crippen LogP contribution in [0.5, 0.6) is 23.0 Å². The van der Waals surface area contributed by atoms with Crippen LogP contribution in [0.1, 0.15) is 25.0 Å². The molecule has 0 spiro atoms. The van der Waals surface area contributed by atoms with Crippen LogP contribution in [0.3, 0.4) is 0 Å². The van der Waals surface area contributed by atoms with Gasteiger partial charge in [-0.15, -0.1) is 0 Å². The molecule has 9 rings (SSSR count). The van der Waals surface area contributed by atoms with Crippen LogP contribution in [0, 0.1) is 0 Å². The van der Waals surface area contributed by atoms with Gasteiger partial charge in [0.15, 0.2) is 11.5 Å². The van der Waals surface area contributed by atoms with E-state index in [0.717, 1.165) is 39.3 Å². The van der Waals surface area contributed by atoms with Crippen LogP contribution in [-0.2, 0) is 5.41 Å². The van der Waals surface area contributed by atoms with E-state index in [-0.39, 0.29) is 5.41 Å². The van der Waals surface area contributed by atoms with E-state index in [2.05, 4.69) is 140 Å². The van der Waals surface area contributed by atoms with Gasteiger partial charge in [-0.3, -0.25) is 0 Å². The van der Waals surface area contributed by atoms with Crippen molar-refractivity contribution in [1.29, 1.82) is 0 Å². The van der Waals surface area contributed by atoms with Gasteiger partial charge in [-0.05, 0) is 87.3 Å². The summed E-state index contributed by atoms with van der Waals surface area (Å²) in [6.45, 7) is 4.65. The summed E-state index contributed by atoms with van der Waals surface area (Å²) in [6, 6.07) is 53.5. The summed E-state index contributed by atoms with van der Waals surface area (Å²) >= 11 is 0. The van der Waals surface area contributed by atoms with Gasteiger partial charge in [-0.1, -0.05) is 111 Å². The first-order valence-corrected chi connectivity index (χ1v) is 15.8. The first-order valence-electron chi connectivity index (χ1n) is 15.8. The molecule has 7 aromatic rings. The van der Waals surface area contributed by atoms with E-state index in [1.165, 1.54) is 33.4 Å². The van der Waals surface area contributed by atoms with Gasteiger partial charge in [0.25, 0.3) is 0 Å². The van der Waals surface area contributed by atoms with E-state index in [9.17, 15) is 0 Å². The standard InChI is InChI=1S/C43H31NO2/c1-43(2)36-15-7-6-14-34(36)35-24-22-32(26-37(35)43)44(31-20-18-29(19-21-31)28-10-4-3-5-11-28)33-23-25-38-41(27-33)46-40-17-9-13-30-12-8-16-39(45-38)42(30)40/h3-27H,1-2H3. The molecule has 1 aliphatic heterocycles. The molecule has 0 fully saturated rings. The molecule has 0 saturated heterocycles. The zero-order chi connectivity index (χ0) is 30.8. The van der Waals surface area contributed by atoms with E-state index < -0.39 is 0 Å². The molecule has 0 bridgehead atoms. The van der Waals surface area contributed by atoms with E-state index >= 15 is 0 Å². The molecule has 3 nitrogen and oxygen atoms in total. The van der Waals surface area contributed by atoms with E-state index in [0.29, 0.717) is 11.5 Å². The molecule has 2 aliphatic rings. The number of anilines is 3. The Hall–Kier alpha value is -5.80. The third kappa shape index (κ3) is 4.13. The van der Waals surface area contributed by atoms with Crippen molar-refractivity contribution >= 4 is 27.8 Å². The molecule has 0 N–H and O–H groups in total. The molecule has 0 radical (unpaired) electrons. The molecule has 0 amide bonds. The largest absolute Gasteiger partial charge is 0.453 e. The molecule has 46 heavy (non-hydrogen) atoms. The Balaban J connectivity index is 1.19. The van der Waals surface area contributed by atoms with Gasteiger partial charge < -0.3 is 14.4 Å². The molecule has 220 valence electrons. The minimum absolute atomic E-state index is 0.111. The molecular formula is C43H31NO2. The van der Waals surface area contributed by atoms with Crippen LogP contribution in [0.25, 0.3) is 33.0 Å². The minimum atomic E-state index is -0.111. The van der Waals surface area contributed by atoms with E-state index in [4.69, 9.17) is 9.47 Å². The first-order chi connectivity index (χ1) is 22.5. The van der Waals surface area contributed by atoms with Crippen molar-refractivity contribution in [2.75, 3.05) is 4.90 Å². The van der Waals surface area contributed by atoms with Gasteiger partial charge in [0.05, 0.1) is 11.1 Å². The highest BCUT2D eigenvalue weighted by molar-refractivity contribution is 5.95. The van der Waals surface area contributed by atoms with Crippen molar-refractivity contribution in [2.45, 2.75) is 19.3 Å². The third-order valence-electron chi connectivity index (χ3n) is 9.51. The van der Waals surface area contributed by atoms with Crippen LogP contribution in [-0.4, -0.2) is 0 Å². The van der Waals surface area contributed by atoms with Crippen molar-refractivity contribution < 1.29 is 9.47 Å². The van der Waals surface area contributed by atoms with Gasteiger partial charge >= 0.3 is 0 Å². The predicted molar refractivity (Wildman–Crippen MR) is 188 cm³/mol. The first kappa shape index (κ1) is 26.6. The fraction of sp³-hybridized carbons (Fsp3) is 0.0698. The Labute approximate surface area is 268 Å². The monoisotopic (exact) mass is 593 g/mol. The summed E-state index contributed by atoms with van der Waals surface area (Å²) in [4.78, 5) is 2.32. The van der Waals surface area contributed by atoms with Crippen molar-refractivity contribution in [3.63, 3.8) is 0 Å². The molecule has 1 aliphatic carbocycles. The number of fused-ring (bicyclic) bond motifs is 4. The zero-order valence-electron chi connectivity index (χ0n) is 25.7. The number of ether oxygens (including phenoxy) is 2. The zero-order valence-corrected chi connectivity index (χ0v) is 25.7. The number of nitrogens with zero attached hydrogens (tertiary/aromatic N) is 1. The average Bonchev–Trinajstić information content (AvgIpc) is 3.20. The van der Waals surface area contributed by atoms with Gasteiger partial charge in [-0.2, -0.15) is 0 Å². The summed E-state index contributed by atoms with van der Waals surface area (Å²) in [7, 11) is 0. The van der Waals surface area contributed by atoms with Crippen LogP contribution in [0.2, 0.25) is 0 Å². The van der Waals surface area contributed by atoms with Crippen molar-refractivity contribution in [2.24, 2.45) is 0 Å². The van der Waals surface area contributed by atoms with Crippen LogP contribution >= 0.6 is 0 Å². The Kier molecular flexibility index (Phi) is 5.85. The van der Waals surface area contributed by atoms with Crippen LogP contribution in [0.4, 0.5) is 17.1 Å². The van der Waals surface area contributed by atoms with Crippen molar-refractivity contribution in [3.8, 4) is 45.3 Å². The molecule has 0 unspecified atom stereocenters. The lowest BCUT2D eigenvalue weighted by Gasteiger charge is -2.28. The summed E-state index contributed by atoms with van der Waals surface area (Å²) < 4.78 is 13.1. The summed E-state index contributed by atoms with van der Waals surface area (Å²) in [5.41, 5.74) is 10.7. The van der Waals surface area contributed by atoms with Gasteiger partial charge in [0.2, 0.25) is 0 Å². The number of rotatable bonds is 4. The number of hydrogen-bond donors (Lipinski definition) is 0. The Morgan fingerprint density at radius 3 is 1.83 bits per heavy atom. The highest BCUT2D eigenvalue weighted by atomic mass is 16.5. The molecule has 3 heteroatoms. The molecule has 0 atom stereocenters. The third-order valence-corrected chi connectivity index (χ3v) is 9.51. The van der Waals surface area contributed by atoms with Crippen LogP contribution < -0.4 is 14.4 Å². The predicted octanol–water partition coefficient (Wildman–Crippen LogP) is 12.2. The molecular weight excluding hydrogens is 562 g/mol. The summed E-state index contributed by atoms with van der Waals surface area (Å²) in [5, 5.41) is 2.07. The second-order valence-electron chi connectivity index (χ2n) is 12.6. The second kappa shape index (κ2) is 10.1.